The van der Waals surface area contributed by atoms with Crippen molar-refractivity contribution in [2.45, 2.75) is 6.92 Å². The summed E-state index contributed by atoms with van der Waals surface area (Å²) in [6, 6.07) is 0. The van der Waals surface area contributed by atoms with E-state index in [0.717, 1.165) is 6.39 Å². The van der Waals surface area contributed by atoms with Gasteiger partial charge in [-0.1, -0.05) is 0 Å². The van der Waals surface area contributed by atoms with Crippen LogP contribution in [0.5, 0.6) is 0 Å². The van der Waals surface area contributed by atoms with Crippen molar-refractivity contribution in [3.05, 3.63) is 18.4 Å². The maximum Gasteiger partial charge on any atom is 0.307 e. The highest BCUT2D eigenvalue weighted by Gasteiger charge is 2.07. The van der Waals surface area contributed by atoms with E-state index >= 15 is 0 Å². The van der Waals surface area contributed by atoms with Gasteiger partial charge in [-0.05, 0) is 0 Å². The number of nitrogens with zero attached hydrogens (tertiary/aromatic N) is 1. The van der Waals surface area contributed by atoms with Crippen molar-refractivity contribution in [2.24, 2.45) is 0 Å². The van der Waals surface area contributed by atoms with Gasteiger partial charge in [0.05, 0.1) is 6.20 Å². The monoisotopic (exact) mass is 169 g/mol. The van der Waals surface area contributed by atoms with Gasteiger partial charge in [-0.25, -0.2) is 4.98 Å². The molecule has 0 bridgehead atoms. The molecule has 0 aromatic carbocycles. The number of carbonyl (C=O) groups excluding carboxylic acids is 2. The molecule has 64 valence electrons. The number of hydrogen-bond acceptors (Lipinski definition) is 4. The molecule has 0 aliphatic heterocycles. The summed E-state index contributed by atoms with van der Waals surface area (Å²) < 4.78 is 4.65. The molecule has 1 aromatic rings. The highest BCUT2D eigenvalue weighted by molar-refractivity contribution is 5.92. The molecule has 6 heteroatoms. The molecule has 0 saturated carbocycles. The van der Waals surface area contributed by atoms with Crippen molar-refractivity contribution in [1.29, 1.82) is 0 Å². The fourth-order valence-corrected chi connectivity index (χ4v) is 0.534. The second-order valence-corrected chi connectivity index (χ2v) is 2.00. The molecule has 0 aliphatic rings. The Morgan fingerprint density at radius 1 is 1.50 bits per heavy atom. The van der Waals surface area contributed by atoms with E-state index in [9.17, 15) is 9.59 Å². The number of aromatic nitrogens is 1. The quantitative estimate of drug-likeness (QED) is 0.553. The fraction of sp³-hybridized carbons (Fsp3) is 0.167. The molecular weight excluding hydrogens is 162 g/mol. The lowest BCUT2D eigenvalue weighted by atomic mass is 10.5. The predicted octanol–water partition coefficient (Wildman–Crippen LogP) is -0.545. The SMILES string of the molecule is CC(=O)NNC(=O)c1cnco1. The minimum absolute atomic E-state index is 0.0451. The predicted molar refractivity (Wildman–Crippen MR) is 37.8 cm³/mol. The van der Waals surface area contributed by atoms with Gasteiger partial charge in [0, 0.05) is 6.92 Å². The molecule has 0 fully saturated rings. The number of carbonyl (C=O) groups is 2. The molecule has 6 nitrogen and oxygen atoms in total. The van der Waals surface area contributed by atoms with E-state index in [1.54, 1.807) is 0 Å². The summed E-state index contributed by atoms with van der Waals surface area (Å²) in [5, 5.41) is 0. The third-order valence-electron chi connectivity index (χ3n) is 1.01. The Labute approximate surface area is 67.9 Å². The van der Waals surface area contributed by atoms with Crippen molar-refractivity contribution in [3.63, 3.8) is 0 Å². The maximum atomic E-state index is 11.0. The summed E-state index contributed by atoms with van der Waals surface area (Å²) >= 11 is 0. The number of oxazole rings is 1. The smallest absolute Gasteiger partial charge is 0.307 e. The number of amides is 2. The number of hydrogen-bond donors (Lipinski definition) is 2. The summed E-state index contributed by atoms with van der Waals surface area (Å²) in [6.45, 7) is 1.28. The zero-order chi connectivity index (χ0) is 8.97. The van der Waals surface area contributed by atoms with Gasteiger partial charge in [-0.2, -0.15) is 0 Å². The van der Waals surface area contributed by atoms with Crippen LogP contribution < -0.4 is 10.9 Å². The van der Waals surface area contributed by atoms with Gasteiger partial charge in [0.25, 0.3) is 0 Å². The van der Waals surface area contributed by atoms with Crippen LogP contribution in [-0.2, 0) is 4.79 Å². The molecule has 12 heavy (non-hydrogen) atoms. The highest BCUT2D eigenvalue weighted by Crippen LogP contribution is 1.93. The Balaban J connectivity index is 2.45. The van der Waals surface area contributed by atoms with Crippen LogP contribution in [-0.4, -0.2) is 16.8 Å². The first-order valence-electron chi connectivity index (χ1n) is 3.15. The van der Waals surface area contributed by atoms with Crippen molar-refractivity contribution in [1.82, 2.24) is 15.8 Å². The van der Waals surface area contributed by atoms with Gasteiger partial charge >= 0.3 is 5.91 Å². The highest BCUT2D eigenvalue weighted by atomic mass is 16.3. The van der Waals surface area contributed by atoms with Gasteiger partial charge < -0.3 is 4.42 Å². The summed E-state index contributed by atoms with van der Waals surface area (Å²) in [4.78, 5) is 24.8. The van der Waals surface area contributed by atoms with E-state index in [0.29, 0.717) is 0 Å². The van der Waals surface area contributed by atoms with E-state index in [4.69, 9.17) is 0 Å². The van der Waals surface area contributed by atoms with Crippen LogP contribution in [0.2, 0.25) is 0 Å². The van der Waals surface area contributed by atoms with Gasteiger partial charge in [0.1, 0.15) is 0 Å². The molecule has 1 rings (SSSR count). The van der Waals surface area contributed by atoms with Crippen LogP contribution in [0.1, 0.15) is 17.5 Å². The first kappa shape index (κ1) is 8.25. The minimum Gasteiger partial charge on any atom is -0.438 e. The lowest BCUT2D eigenvalue weighted by Gasteiger charge is -2.00. The Morgan fingerprint density at radius 2 is 2.25 bits per heavy atom. The van der Waals surface area contributed by atoms with Gasteiger partial charge in [0.2, 0.25) is 11.7 Å². The van der Waals surface area contributed by atoms with E-state index in [1.807, 2.05) is 0 Å². The Kier molecular flexibility index (Phi) is 2.42. The summed E-state index contributed by atoms with van der Waals surface area (Å²) in [5.41, 5.74) is 4.22. The van der Waals surface area contributed by atoms with Crippen molar-refractivity contribution < 1.29 is 14.0 Å². The molecular formula is C6H7N3O3. The Morgan fingerprint density at radius 3 is 2.75 bits per heavy atom. The van der Waals surface area contributed by atoms with E-state index in [2.05, 4.69) is 20.3 Å². The van der Waals surface area contributed by atoms with Gasteiger partial charge in [-0.3, -0.25) is 20.4 Å². The molecule has 2 amide bonds. The van der Waals surface area contributed by atoms with Crippen LogP contribution in [0.3, 0.4) is 0 Å². The van der Waals surface area contributed by atoms with E-state index < -0.39 is 5.91 Å². The van der Waals surface area contributed by atoms with Crippen LogP contribution in [0, 0.1) is 0 Å². The van der Waals surface area contributed by atoms with Crippen LogP contribution >= 0.6 is 0 Å². The first-order valence-corrected chi connectivity index (χ1v) is 3.15. The third-order valence-corrected chi connectivity index (χ3v) is 1.01. The average molecular weight is 169 g/mol. The molecule has 2 N–H and O–H groups in total. The normalized spacial score (nSPS) is 9.08. The first-order chi connectivity index (χ1) is 5.70. The molecule has 0 aliphatic carbocycles. The van der Waals surface area contributed by atoms with E-state index in [-0.39, 0.29) is 11.7 Å². The summed E-state index contributed by atoms with van der Waals surface area (Å²) in [5.74, 6) is -0.852. The third kappa shape index (κ3) is 2.08. The lowest BCUT2D eigenvalue weighted by molar-refractivity contribution is -0.119. The molecule has 0 saturated heterocycles. The largest absolute Gasteiger partial charge is 0.438 e. The topological polar surface area (TPSA) is 84.2 Å². The molecule has 0 unspecified atom stereocenters. The second kappa shape index (κ2) is 3.51. The molecule has 1 heterocycles. The van der Waals surface area contributed by atoms with Crippen LogP contribution in [0.15, 0.2) is 17.0 Å². The fourth-order valence-electron chi connectivity index (χ4n) is 0.534. The lowest BCUT2D eigenvalue weighted by Crippen LogP contribution is -2.40. The molecule has 0 atom stereocenters. The van der Waals surface area contributed by atoms with Gasteiger partial charge in [-0.15, -0.1) is 0 Å². The number of nitrogens with one attached hydrogen (secondary N) is 2. The number of hydrazine groups is 1. The standard InChI is InChI=1S/C6H7N3O3/c1-4(10)8-9-6(11)5-2-7-3-12-5/h2-3H,1H3,(H,8,10)(H,9,11). The minimum atomic E-state index is -0.539. The Bertz CT molecular complexity index is 280. The maximum absolute atomic E-state index is 11.0. The average Bonchev–Trinajstić information content (AvgIpc) is 2.51. The van der Waals surface area contributed by atoms with E-state index in [1.165, 1.54) is 13.1 Å². The zero-order valence-corrected chi connectivity index (χ0v) is 6.33. The summed E-state index contributed by atoms with van der Waals surface area (Å²) in [6.07, 6.45) is 2.37. The van der Waals surface area contributed by atoms with Crippen LogP contribution in [0.25, 0.3) is 0 Å². The van der Waals surface area contributed by atoms with Crippen molar-refractivity contribution in [3.8, 4) is 0 Å². The van der Waals surface area contributed by atoms with Crippen LogP contribution in [0.4, 0.5) is 0 Å². The molecule has 0 radical (unpaired) electrons. The number of rotatable bonds is 1. The molecule has 1 aromatic heterocycles. The second-order valence-electron chi connectivity index (χ2n) is 2.00. The van der Waals surface area contributed by atoms with Crippen molar-refractivity contribution >= 4 is 11.8 Å². The molecule has 0 spiro atoms. The zero-order valence-electron chi connectivity index (χ0n) is 6.33. The Hall–Kier alpha value is -1.85. The van der Waals surface area contributed by atoms with Gasteiger partial charge in [0.15, 0.2) is 6.39 Å². The summed E-state index contributed by atoms with van der Waals surface area (Å²) in [7, 11) is 0. The van der Waals surface area contributed by atoms with Crippen molar-refractivity contribution in [2.75, 3.05) is 0 Å².